The molecule has 0 bridgehead atoms. The van der Waals surface area contributed by atoms with Gasteiger partial charge in [-0.1, -0.05) is 31.5 Å². The minimum atomic E-state index is 0.455. The molecule has 0 aliphatic heterocycles. The smallest absolute Gasteiger partial charge is 0.158 e. The van der Waals surface area contributed by atoms with E-state index < -0.39 is 0 Å². The standard InChI is InChI=1S/C22H21ClN4O2/c1-14(2)12-28-16-4-3-5-17(11-16)29-20-7-6-15(10-18(20)23)27-22-21-19(8-9-24-21)25-13-26-22/h3-11,13-14,24H,12H2,1-2H3,(H,25,26,27). The number of aromatic nitrogens is 3. The Labute approximate surface area is 173 Å². The van der Waals surface area contributed by atoms with Crippen molar-refractivity contribution < 1.29 is 9.47 Å². The van der Waals surface area contributed by atoms with E-state index in [0.29, 0.717) is 34.9 Å². The van der Waals surface area contributed by atoms with Gasteiger partial charge in [-0.3, -0.25) is 0 Å². The van der Waals surface area contributed by atoms with Gasteiger partial charge in [0, 0.05) is 18.0 Å². The Morgan fingerprint density at radius 3 is 2.76 bits per heavy atom. The molecule has 0 aliphatic rings. The van der Waals surface area contributed by atoms with Crippen LogP contribution in [0.5, 0.6) is 17.2 Å². The lowest BCUT2D eigenvalue weighted by Crippen LogP contribution is -2.04. The predicted molar refractivity (Wildman–Crippen MR) is 115 cm³/mol. The first-order valence-corrected chi connectivity index (χ1v) is 9.71. The van der Waals surface area contributed by atoms with Crippen LogP contribution in [0.1, 0.15) is 13.8 Å². The number of hydrogen-bond donors (Lipinski definition) is 2. The summed E-state index contributed by atoms with van der Waals surface area (Å²) in [6.07, 6.45) is 3.35. The molecule has 0 radical (unpaired) electrons. The van der Waals surface area contributed by atoms with E-state index >= 15 is 0 Å². The fourth-order valence-corrected chi connectivity index (χ4v) is 3.00. The average molecular weight is 409 g/mol. The highest BCUT2D eigenvalue weighted by Crippen LogP contribution is 2.34. The molecule has 0 saturated heterocycles. The normalized spacial score (nSPS) is 11.0. The molecular weight excluding hydrogens is 388 g/mol. The van der Waals surface area contributed by atoms with E-state index in [1.807, 2.05) is 48.7 Å². The van der Waals surface area contributed by atoms with Crippen molar-refractivity contribution in [1.82, 2.24) is 15.0 Å². The Bertz CT molecular complexity index is 1130. The molecule has 4 aromatic rings. The van der Waals surface area contributed by atoms with Gasteiger partial charge in [0.15, 0.2) is 5.82 Å². The maximum Gasteiger partial charge on any atom is 0.158 e. The maximum absolute atomic E-state index is 6.45. The molecule has 0 aliphatic carbocycles. The number of nitrogens with zero attached hydrogens (tertiary/aromatic N) is 2. The van der Waals surface area contributed by atoms with Crippen LogP contribution in [0.3, 0.4) is 0 Å². The Morgan fingerprint density at radius 1 is 1.07 bits per heavy atom. The molecule has 0 unspecified atom stereocenters. The molecule has 148 valence electrons. The second-order valence-electron chi connectivity index (χ2n) is 7.01. The summed E-state index contributed by atoms with van der Waals surface area (Å²) in [5.74, 6) is 3.13. The molecule has 4 rings (SSSR count). The lowest BCUT2D eigenvalue weighted by atomic mass is 10.2. The number of anilines is 2. The minimum absolute atomic E-state index is 0.455. The summed E-state index contributed by atoms with van der Waals surface area (Å²) >= 11 is 6.45. The van der Waals surface area contributed by atoms with Crippen LogP contribution in [0, 0.1) is 5.92 Å². The zero-order valence-electron chi connectivity index (χ0n) is 16.1. The topological polar surface area (TPSA) is 72.1 Å². The van der Waals surface area contributed by atoms with Crippen molar-refractivity contribution in [2.24, 2.45) is 5.92 Å². The lowest BCUT2D eigenvalue weighted by molar-refractivity contribution is 0.270. The molecule has 0 saturated carbocycles. The van der Waals surface area contributed by atoms with Gasteiger partial charge in [-0.25, -0.2) is 9.97 Å². The van der Waals surface area contributed by atoms with Gasteiger partial charge in [0.05, 0.1) is 17.1 Å². The third kappa shape index (κ3) is 4.60. The van der Waals surface area contributed by atoms with Gasteiger partial charge in [0.2, 0.25) is 0 Å². The van der Waals surface area contributed by atoms with E-state index in [2.05, 4.69) is 34.1 Å². The summed E-state index contributed by atoms with van der Waals surface area (Å²) in [6, 6.07) is 14.9. The van der Waals surface area contributed by atoms with Crippen molar-refractivity contribution in [3.05, 3.63) is 66.1 Å². The van der Waals surface area contributed by atoms with Crippen LogP contribution in [0.2, 0.25) is 5.02 Å². The number of fused-ring (bicyclic) bond motifs is 1. The number of H-pyrrole nitrogens is 1. The van der Waals surface area contributed by atoms with Crippen molar-refractivity contribution in [3.8, 4) is 17.2 Å². The predicted octanol–water partition coefficient (Wildman–Crippen LogP) is 6.18. The molecule has 0 spiro atoms. The summed E-state index contributed by atoms with van der Waals surface area (Å²) in [5, 5.41) is 3.75. The Hall–Kier alpha value is -3.25. The van der Waals surface area contributed by atoms with Crippen molar-refractivity contribution >= 4 is 34.1 Å². The number of halogens is 1. The number of ether oxygens (including phenoxy) is 2. The van der Waals surface area contributed by atoms with Crippen molar-refractivity contribution in [3.63, 3.8) is 0 Å². The SMILES string of the molecule is CC(C)COc1cccc(Oc2ccc(Nc3ncnc4cc[nH]c34)cc2Cl)c1. The number of aromatic amines is 1. The lowest BCUT2D eigenvalue weighted by Gasteiger charge is -2.12. The highest BCUT2D eigenvalue weighted by Gasteiger charge is 2.09. The van der Waals surface area contributed by atoms with Crippen molar-refractivity contribution in [2.75, 3.05) is 11.9 Å². The summed E-state index contributed by atoms with van der Waals surface area (Å²) < 4.78 is 11.7. The molecule has 7 heteroatoms. The zero-order chi connectivity index (χ0) is 20.2. The first kappa shape index (κ1) is 19.1. The van der Waals surface area contributed by atoms with E-state index in [1.165, 1.54) is 6.33 Å². The Kier molecular flexibility index (Phi) is 5.53. The van der Waals surface area contributed by atoms with Crippen LogP contribution in [-0.2, 0) is 0 Å². The quantitative estimate of drug-likeness (QED) is 0.382. The van der Waals surface area contributed by atoms with Gasteiger partial charge < -0.3 is 19.8 Å². The Balaban J connectivity index is 1.49. The summed E-state index contributed by atoms with van der Waals surface area (Å²) in [4.78, 5) is 11.6. The van der Waals surface area contributed by atoms with Gasteiger partial charge >= 0.3 is 0 Å². The number of rotatable bonds is 7. The largest absolute Gasteiger partial charge is 0.493 e. The van der Waals surface area contributed by atoms with Crippen LogP contribution < -0.4 is 14.8 Å². The second-order valence-corrected chi connectivity index (χ2v) is 7.42. The number of hydrogen-bond acceptors (Lipinski definition) is 5. The summed E-state index contributed by atoms with van der Waals surface area (Å²) in [5.41, 5.74) is 2.47. The third-order valence-electron chi connectivity index (χ3n) is 4.16. The molecular formula is C22H21ClN4O2. The van der Waals surface area contributed by atoms with Crippen molar-refractivity contribution in [2.45, 2.75) is 13.8 Å². The van der Waals surface area contributed by atoms with Gasteiger partial charge in [-0.15, -0.1) is 0 Å². The van der Waals surface area contributed by atoms with Crippen LogP contribution in [-0.4, -0.2) is 21.6 Å². The minimum Gasteiger partial charge on any atom is -0.493 e. The molecule has 29 heavy (non-hydrogen) atoms. The number of nitrogens with one attached hydrogen (secondary N) is 2. The van der Waals surface area contributed by atoms with E-state index in [0.717, 1.165) is 22.5 Å². The van der Waals surface area contributed by atoms with Crippen LogP contribution in [0.25, 0.3) is 11.0 Å². The molecule has 6 nitrogen and oxygen atoms in total. The monoisotopic (exact) mass is 408 g/mol. The highest BCUT2D eigenvalue weighted by atomic mass is 35.5. The summed E-state index contributed by atoms with van der Waals surface area (Å²) in [7, 11) is 0. The van der Waals surface area contributed by atoms with Gasteiger partial charge in [-0.2, -0.15) is 0 Å². The van der Waals surface area contributed by atoms with E-state index in [4.69, 9.17) is 21.1 Å². The molecule has 0 fully saturated rings. The highest BCUT2D eigenvalue weighted by molar-refractivity contribution is 6.32. The maximum atomic E-state index is 6.45. The van der Waals surface area contributed by atoms with Crippen molar-refractivity contribution in [1.29, 1.82) is 0 Å². The van der Waals surface area contributed by atoms with E-state index in [1.54, 1.807) is 6.07 Å². The summed E-state index contributed by atoms with van der Waals surface area (Å²) in [6.45, 7) is 4.87. The fourth-order valence-electron chi connectivity index (χ4n) is 2.78. The zero-order valence-corrected chi connectivity index (χ0v) is 16.9. The first-order valence-electron chi connectivity index (χ1n) is 9.34. The van der Waals surface area contributed by atoms with Gasteiger partial charge in [0.1, 0.15) is 29.1 Å². The number of benzene rings is 2. The Morgan fingerprint density at radius 2 is 1.93 bits per heavy atom. The average Bonchev–Trinajstić information content (AvgIpc) is 3.19. The van der Waals surface area contributed by atoms with Crippen LogP contribution >= 0.6 is 11.6 Å². The molecule has 2 N–H and O–H groups in total. The second kappa shape index (κ2) is 8.41. The molecule has 0 atom stereocenters. The fraction of sp³-hybridized carbons (Fsp3) is 0.182. The van der Waals surface area contributed by atoms with E-state index in [9.17, 15) is 0 Å². The molecule has 0 amide bonds. The van der Waals surface area contributed by atoms with Crippen LogP contribution in [0.4, 0.5) is 11.5 Å². The third-order valence-corrected chi connectivity index (χ3v) is 4.45. The van der Waals surface area contributed by atoms with Gasteiger partial charge in [0.25, 0.3) is 0 Å². The van der Waals surface area contributed by atoms with Crippen LogP contribution in [0.15, 0.2) is 61.1 Å². The first-order chi connectivity index (χ1) is 14.1. The van der Waals surface area contributed by atoms with E-state index in [-0.39, 0.29) is 0 Å². The molecule has 2 aromatic carbocycles. The van der Waals surface area contributed by atoms with Gasteiger partial charge in [-0.05, 0) is 42.3 Å². The molecule has 2 aromatic heterocycles. The molecule has 2 heterocycles.